The molecule has 0 amide bonds. The van der Waals surface area contributed by atoms with Crippen LogP contribution < -0.4 is 24.5 Å². The van der Waals surface area contributed by atoms with Crippen LogP contribution in [0.1, 0.15) is 43.7 Å². The van der Waals surface area contributed by atoms with Gasteiger partial charge in [0.25, 0.3) is 5.56 Å². The number of fused-ring (bicyclic) bond motifs is 1. The van der Waals surface area contributed by atoms with Gasteiger partial charge in [-0.2, -0.15) is 0 Å². The standard InChI is InChI=1S/C31H31N3O5S/c1-5-33(6-2)25-17-16-23(39-25)19-24-29(35)34-28(21-14-11-15-22(18-21)37-4)26(30(36)38-7-3)27(32-31(34)40-24)20-12-9-8-10-13-20/h8-19,28H,5-7H2,1-4H3/b24-19+. The van der Waals surface area contributed by atoms with Crippen LogP contribution in [0.25, 0.3) is 11.8 Å². The molecule has 4 aromatic rings. The first kappa shape index (κ1) is 27.2. The molecule has 40 heavy (non-hydrogen) atoms. The highest BCUT2D eigenvalue weighted by Gasteiger charge is 2.35. The molecule has 0 aliphatic carbocycles. The van der Waals surface area contributed by atoms with E-state index in [1.54, 1.807) is 24.7 Å². The molecule has 0 saturated carbocycles. The van der Waals surface area contributed by atoms with Gasteiger partial charge in [0.1, 0.15) is 11.5 Å². The number of ether oxygens (including phenoxy) is 2. The first-order valence-electron chi connectivity index (χ1n) is 13.3. The molecule has 1 atom stereocenters. The van der Waals surface area contributed by atoms with E-state index in [2.05, 4.69) is 18.7 Å². The Morgan fingerprint density at radius 3 is 2.55 bits per heavy atom. The first-order valence-corrected chi connectivity index (χ1v) is 14.1. The van der Waals surface area contributed by atoms with Gasteiger partial charge >= 0.3 is 5.97 Å². The van der Waals surface area contributed by atoms with Crippen LogP contribution >= 0.6 is 11.3 Å². The van der Waals surface area contributed by atoms with Gasteiger partial charge in [-0.1, -0.05) is 53.8 Å². The smallest absolute Gasteiger partial charge is 0.338 e. The number of furan rings is 1. The molecule has 1 aliphatic heterocycles. The highest BCUT2D eigenvalue weighted by Crippen LogP contribution is 2.36. The lowest BCUT2D eigenvalue weighted by Gasteiger charge is -2.26. The molecular weight excluding hydrogens is 526 g/mol. The van der Waals surface area contributed by atoms with Gasteiger partial charge in [0, 0.05) is 30.8 Å². The number of hydrogen-bond acceptors (Lipinski definition) is 8. The van der Waals surface area contributed by atoms with Crippen LogP contribution in [0.4, 0.5) is 5.88 Å². The van der Waals surface area contributed by atoms with Gasteiger partial charge in [0.05, 0.1) is 35.6 Å². The summed E-state index contributed by atoms with van der Waals surface area (Å²) in [7, 11) is 1.58. The van der Waals surface area contributed by atoms with E-state index in [1.165, 1.54) is 11.3 Å². The Bertz CT molecular complexity index is 1730. The van der Waals surface area contributed by atoms with Gasteiger partial charge in [-0.25, -0.2) is 9.79 Å². The van der Waals surface area contributed by atoms with E-state index >= 15 is 0 Å². The maximum absolute atomic E-state index is 14.0. The van der Waals surface area contributed by atoms with Crippen molar-refractivity contribution < 1.29 is 18.7 Å². The van der Waals surface area contributed by atoms with Gasteiger partial charge in [-0.05, 0) is 44.5 Å². The zero-order valence-electron chi connectivity index (χ0n) is 22.9. The lowest BCUT2D eigenvalue weighted by atomic mass is 9.93. The molecule has 9 heteroatoms. The number of benzene rings is 2. The maximum atomic E-state index is 14.0. The third kappa shape index (κ3) is 5.12. The molecule has 2 aromatic carbocycles. The van der Waals surface area contributed by atoms with Crippen LogP contribution in [0.2, 0.25) is 0 Å². The van der Waals surface area contributed by atoms with Gasteiger partial charge < -0.3 is 18.8 Å². The van der Waals surface area contributed by atoms with Crippen molar-refractivity contribution in [3.8, 4) is 5.75 Å². The van der Waals surface area contributed by atoms with Crippen LogP contribution in [0.3, 0.4) is 0 Å². The molecule has 0 spiro atoms. The van der Waals surface area contributed by atoms with E-state index in [-0.39, 0.29) is 12.2 Å². The molecule has 3 heterocycles. The Morgan fingerprint density at radius 2 is 1.85 bits per heavy atom. The Balaban J connectivity index is 1.77. The maximum Gasteiger partial charge on any atom is 0.338 e. The molecule has 0 N–H and O–H groups in total. The van der Waals surface area contributed by atoms with Crippen molar-refractivity contribution in [1.82, 2.24) is 4.57 Å². The Morgan fingerprint density at radius 1 is 1.07 bits per heavy atom. The number of esters is 1. The van der Waals surface area contributed by atoms with Crippen LogP contribution in [0.5, 0.6) is 5.75 Å². The lowest BCUT2D eigenvalue weighted by molar-refractivity contribution is -0.138. The highest BCUT2D eigenvalue weighted by molar-refractivity contribution is 7.07. The fourth-order valence-corrected chi connectivity index (χ4v) is 5.80. The first-order chi connectivity index (χ1) is 19.5. The quantitative estimate of drug-likeness (QED) is 0.284. The number of carbonyl (C=O) groups is 1. The predicted octanol–water partition coefficient (Wildman–Crippen LogP) is 4.38. The van der Waals surface area contributed by atoms with Crippen LogP contribution in [0, 0.1) is 0 Å². The van der Waals surface area contributed by atoms with E-state index in [4.69, 9.17) is 18.9 Å². The molecule has 8 nitrogen and oxygen atoms in total. The van der Waals surface area contributed by atoms with Crippen molar-refractivity contribution in [3.05, 3.63) is 109 Å². The molecule has 206 valence electrons. The van der Waals surface area contributed by atoms with Gasteiger partial charge in [0.2, 0.25) is 0 Å². The molecule has 0 bridgehead atoms. The lowest BCUT2D eigenvalue weighted by Crippen LogP contribution is -2.40. The van der Waals surface area contributed by atoms with E-state index in [9.17, 15) is 9.59 Å². The summed E-state index contributed by atoms with van der Waals surface area (Å²) in [5.41, 5.74) is 1.96. The summed E-state index contributed by atoms with van der Waals surface area (Å²) in [4.78, 5) is 35.0. The van der Waals surface area contributed by atoms with Gasteiger partial charge in [-0.15, -0.1) is 0 Å². The molecule has 0 saturated heterocycles. The molecule has 2 aromatic heterocycles. The molecule has 0 radical (unpaired) electrons. The highest BCUT2D eigenvalue weighted by atomic mass is 32.1. The zero-order valence-corrected chi connectivity index (χ0v) is 23.7. The second-order valence-corrected chi connectivity index (χ2v) is 10.1. The average Bonchev–Trinajstić information content (AvgIpc) is 3.57. The Labute approximate surface area is 236 Å². The summed E-state index contributed by atoms with van der Waals surface area (Å²) >= 11 is 1.26. The van der Waals surface area contributed by atoms with Crippen molar-refractivity contribution in [2.24, 2.45) is 4.99 Å². The predicted molar refractivity (Wildman–Crippen MR) is 156 cm³/mol. The summed E-state index contributed by atoms with van der Waals surface area (Å²) < 4.78 is 19.1. The summed E-state index contributed by atoms with van der Waals surface area (Å²) in [6.07, 6.45) is 1.73. The van der Waals surface area contributed by atoms with E-state index in [0.717, 1.165) is 24.5 Å². The second-order valence-electron chi connectivity index (χ2n) is 9.06. The summed E-state index contributed by atoms with van der Waals surface area (Å²) in [6, 6.07) is 19.8. The minimum absolute atomic E-state index is 0.188. The number of hydrogen-bond donors (Lipinski definition) is 0. The molecule has 0 fully saturated rings. The number of thiazole rings is 1. The van der Waals surface area contributed by atoms with E-state index < -0.39 is 12.0 Å². The minimum atomic E-state index is -0.773. The fourth-order valence-electron chi connectivity index (χ4n) is 4.82. The number of nitrogens with zero attached hydrogens (tertiary/aromatic N) is 3. The van der Waals surface area contributed by atoms with E-state index in [0.29, 0.717) is 37.7 Å². The Hall–Kier alpha value is -4.37. The third-order valence-corrected chi connectivity index (χ3v) is 7.73. The van der Waals surface area contributed by atoms with Crippen molar-refractivity contribution in [2.45, 2.75) is 26.8 Å². The summed E-state index contributed by atoms with van der Waals surface area (Å²) in [5, 5.41) is 0. The largest absolute Gasteiger partial charge is 0.497 e. The van der Waals surface area contributed by atoms with Crippen LogP contribution in [-0.4, -0.2) is 37.3 Å². The summed E-state index contributed by atoms with van der Waals surface area (Å²) in [5.74, 6) is 1.40. The number of rotatable bonds is 9. The number of aromatic nitrogens is 1. The molecular formula is C31H31N3O5S. The second kappa shape index (κ2) is 11.8. The third-order valence-electron chi connectivity index (χ3n) is 6.74. The van der Waals surface area contributed by atoms with Crippen LogP contribution in [0.15, 0.2) is 86.5 Å². The molecule has 1 unspecified atom stereocenters. The van der Waals surface area contributed by atoms with Gasteiger partial charge in [0.15, 0.2) is 10.7 Å². The number of methoxy groups -OCH3 is 1. The number of carbonyl (C=O) groups excluding carboxylic acids is 1. The van der Waals surface area contributed by atoms with Crippen LogP contribution in [-0.2, 0) is 9.53 Å². The molecule has 5 rings (SSSR count). The minimum Gasteiger partial charge on any atom is -0.497 e. The molecule has 1 aliphatic rings. The zero-order chi connectivity index (χ0) is 28.2. The SMILES string of the molecule is CCOC(=O)C1=C(c2ccccc2)N=c2s/c(=C/c3ccc(N(CC)CC)o3)c(=O)n2C1c1cccc(OC)c1. The van der Waals surface area contributed by atoms with E-state index in [1.807, 2.05) is 66.7 Å². The van der Waals surface area contributed by atoms with Crippen molar-refractivity contribution in [3.63, 3.8) is 0 Å². The van der Waals surface area contributed by atoms with Gasteiger partial charge in [-0.3, -0.25) is 9.36 Å². The van der Waals surface area contributed by atoms with Crippen molar-refractivity contribution >= 4 is 35.0 Å². The topological polar surface area (TPSA) is 86.3 Å². The Kier molecular flexibility index (Phi) is 8.02. The monoisotopic (exact) mass is 557 g/mol. The fraction of sp³-hybridized carbons (Fsp3) is 0.258. The van der Waals surface area contributed by atoms with Crippen molar-refractivity contribution in [1.29, 1.82) is 0 Å². The summed E-state index contributed by atoms with van der Waals surface area (Å²) in [6.45, 7) is 7.69. The normalized spacial score (nSPS) is 15.0. The average molecular weight is 558 g/mol. The number of anilines is 1. The van der Waals surface area contributed by atoms with Crippen molar-refractivity contribution in [2.75, 3.05) is 31.7 Å².